The van der Waals surface area contributed by atoms with E-state index < -0.39 is 9.85 Å². The van der Waals surface area contributed by atoms with Gasteiger partial charge in [-0.05, 0) is 72.8 Å². The molecule has 6 aromatic carbocycles. The zero-order valence-electron chi connectivity index (χ0n) is 24.3. The van der Waals surface area contributed by atoms with E-state index in [0.29, 0.717) is 10.8 Å². The second-order valence-corrected chi connectivity index (χ2v) is 10.8. The first-order chi connectivity index (χ1) is 22.3. The molecule has 0 bridgehead atoms. The number of nitrogens with zero attached hydrogens (tertiary/aromatic N) is 4. The first-order valence-electron chi connectivity index (χ1n) is 14.4. The van der Waals surface area contributed by atoms with Crippen molar-refractivity contribution < 1.29 is 9.85 Å². The molecule has 0 amide bonds. The fourth-order valence-corrected chi connectivity index (χ4v) is 6.00. The van der Waals surface area contributed by atoms with Gasteiger partial charge in [-0.25, -0.2) is 0 Å². The summed E-state index contributed by atoms with van der Waals surface area (Å²) in [6.07, 6.45) is 0. The van der Waals surface area contributed by atoms with Crippen LogP contribution in [0.25, 0.3) is 55.0 Å². The van der Waals surface area contributed by atoms with Crippen LogP contribution in [0, 0.1) is 20.2 Å². The lowest BCUT2D eigenvalue weighted by Crippen LogP contribution is -1.94. The number of benzene rings is 6. The van der Waals surface area contributed by atoms with Gasteiger partial charge >= 0.3 is 0 Å². The fourth-order valence-electron chi connectivity index (χ4n) is 6.00. The van der Waals surface area contributed by atoms with Crippen LogP contribution in [0.2, 0.25) is 0 Å². The van der Waals surface area contributed by atoms with Gasteiger partial charge in [-0.1, -0.05) is 36.4 Å². The molecular weight excluding hydrogens is 580 g/mol. The molecule has 0 unspecified atom stereocenters. The molecule has 224 valence electrons. The van der Waals surface area contributed by atoms with Crippen molar-refractivity contribution in [1.29, 1.82) is 0 Å². The molecule has 4 N–H and O–H groups in total. The number of nitrogen functional groups attached to an aromatic ring is 2. The summed E-state index contributed by atoms with van der Waals surface area (Å²) in [5, 5.41) is 25.7. The van der Waals surface area contributed by atoms with Crippen LogP contribution in [0.5, 0.6) is 0 Å². The Morgan fingerprint density at radius 2 is 0.761 bits per heavy atom. The van der Waals surface area contributed by atoms with Gasteiger partial charge < -0.3 is 20.6 Å². The summed E-state index contributed by atoms with van der Waals surface area (Å²) in [7, 11) is 0. The molecule has 10 heteroatoms. The van der Waals surface area contributed by atoms with Crippen LogP contribution < -0.4 is 11.5 Å². The molecule has 0 radical (unpaired) electrons. The maximum absolute atomic E-state index is 11.1. The number of hydrogen-bond donors (Lipinski definition) is 2. The summed E-state index contributed by atoms with van der Waals surface area (Å²) in [4.78, 5) is 21.3. The van der Waals surface area contributed by atoms with Crippen LogP contribution in [0.15, 0.2) is 133 Å². The standard InChI is InChI=1S/C18H11N3O4.C18H15N3/c22-20(23)13-6-8-17-15(10-13)16-11-14(21(24)25)7-9-18(16)19(17)12-4-2-1-3-5-12;19-12-6-8-17-15(10-12)16-11-13(20)7-9-18(16)21(17)14-4-2-1-3-5-14/h1-11H;1-11H,19-20H2. The molecule has 10 nitrogen and oxygen atoms in total. The topological polar surface area (TPSA) is 148 Å². The Labute approximate surface area is 261 Å². The van der Waals surface area contributed by atoms with Gasteiger partial charge in [-0.15, -0.1) is 0 Å². The third-order valence-electron chi connectivity index (χ3n) is 8.00. The molecule has 0 aliphatic rings. The summed E-state index contributed by atoms with van der Waals surface area (Å²) in [6, 6.07) is 41.0. The zero-order chi connectivity index (χ0) is 31.9. The monoisotopic (exact) mass is 606 g/mol. The first kappa shape index (κ1) is 28.1. The van der Waals surface area contributed by atoms with Gasteiger partial charge in [0.1, 0.15) is 0 Å². The van der Waals surface area contributed by atoms with Crippen molar-refractivity contribution in [3.05, 3.63) is 154 Å². The minimum absolute atomic E-state index is 0.0499. The maximum Gasteiger partial charge on any atom is 0.270 e. The molecule has 0 atom stereocenters. The largest absolute Gasteiger partial charge is 0.399 e. The number of nitrogens with two attached hydrogens (primary N) is 2. The van der Waals surface area contributed by atoms with Gasteiger partial charge in [0.05, 0.1) is 31.9 Å². The van der Waals surface area contributed by atoms with E-state index in [1.165, 1.54) is 24.3 Å². The molecule has 8 aromatic rings. The average Bonchev–Trinajstić information content (AvgIpc) is 3.57. The summed E-state index contributed by atoms with van der Waals surface area (Å²) in [5.74, 6) is 0. The van der Waals surface area contributed by atoms with Crippen molar-refractivity contribution >= 4 is 66.4 Å². The first-order valence-corrected chi connectivity index (χ1v) is 14.4. The molecule has 0 aliphatic heterocycles. The minimum atomic E-state index is -0.470. The normalized spacial score (nSPS) is 11.1. The van der Waals surface area contributed by atoms with Crippen molar-refractivity contribution in [3.8, 4) is 11.4 Å². The third kappa shape index (κ3) is 4.80. The highest BCUT2D eigenvalue weighted by molar-refractivity contribution is 6.12. The quantitative estimate of drug-likeness (QED) is 0.116. The van der Waals surface area contributed by atoms with Crippen LogP contribution in [0.4, 0.5) is 22.7 Å². The number of anilines is 2. The van der Waals surface area contributed by atoms with E-state index in [0.717, 1.165) is 55.6 Å². The van der Waals surface area contributed by atoms with Gasteiger partial charge in [0, 0.05) is 68.6 Å². The van der Waals surface area contributed by atoms with Crippen molar-refractivity contribution in [2.75, 3.05) is 11.5 Å². The number of hydrogen-bond acceptors (Lipinski definition) is 6. The molecule has 0 saturated carbocycles. The molecule has 2 heterocycles. The van der Waals surface area contributed by atoms with Gasteiger partial charge in [-0.2, -0.15) is 0 Å². The number of fused-ring (bicyclic) bond motifs is 6. The maximum atomic E-state index is 11.1. The summed E-state index contributed by atoms with van der Waals surface area (Å²) in [5.41, 5.74) is 19.1. The van der Waals surface area contributed by atoms with E-state index in [1.54, 1.807) is 12.1 Å². The van der Waals surface area contributed by atoms with Crippen LogP contribution >= 0.6 is 0 Å². The van der Waals surface area contributed by atoms with Crippen LogP contribution in [0.1, 0.15) is 0 Å². The Bertz CT molecular complexity index is 2320. The van der Waals surface area contributed by atoms with Gasteiger partial charge in [-0.3, -0.25) is 20.2 Å². The Morgan fingerprint density at radius 1 is 0.435 bits per heavy atom. The van der Waals surface area contributed by atoms with Crippen LogP contribution in [-0.2, 0) is 0 Å². The third-order valence-corrected chi connectivity index (χ3v) is 8.00. The summed E-state index contributed by atoms with van der Waals surface area (Å²) in [6.45, 7) is 0. The highest BCUT2D eigenvalue weighted by atomic mass is 16.6. The Morgan fingerprint density at radius 3 is 1.11 bits per heavy atom. The van der Waals surface area contributed by atoms with E-state index in [2.05, 4.69) is 28.8 Å². The highest BCUT2D eigenvalue weighted by Crippen LogP contribution is 2.36. The van der Waals surface area contributed by atoms with Crippen LogP contribution in [-0.4, -0.2) is 19.0 Å². The summed E-state index contributed by atoms with van der Waals surface area (Å²) < 4.78 is 4.18. The average molecular weight is 607 g/mol. The predicted molar refractivity (Wildman–Crippen MR) is 184 cm³/mol. The van der Waals surface area contributed by atoms with Crippen molar-refractivity contribution in [2.24, 2.45) is 0 Å². The number of nitro groups is 2. The van der Waals surface area contributed by atoms with E-state index in [4.69, 9.17) is 11.5 Å². The van der Waals surface area contributed by atoms with E-state index in [1.807, 2.05) is 77.4 Å². The number of nitro benzene ring substituents is 2. The minimum Gasteiger partial charge on any atom is -0.399 e. The Hall–Kier alpha value is -6.68. The lowest BCUT2D eigenvalue weighted by Gasteiger charge is -2.07. The van der Waals surface area contributed by atoms with Gasteiger partial charge in [0.25, 0.3) is 11.4 Å². The smallest absolute Gasteiger partial charge is 0.270 e. The van der Waals surface area contributed by atoms with E-state index >= 15 is 0 Å². The predicted octanol–water partition coefficient (Wildman–Crippen LogP) is 8.55. The molecular formula is C36H26N6O4. The lowest BCUT2D eigenvalue weighted by atomic mass is 10.1. The molecule has 46 heavy (non-hydrogen) atoms. The highest BCUT2D eigenvalue weighted by Gasteiger charge is 2.18. The fraction of sp³-hybridized carbons (Fsp3) is 0. The van der Waals surface area contributed by atoms with Gasteiger partial charge in [0.15, 0.2) is 0 Å². The number of para-hydroxylation sites is 2. The molecule has 0 aliphatic carbocycles. The molecule has 0 fully saturated rings. The summed E-state index contributed by atoms with van der Waals surface area (Å²) >= 11 is 0. The zero-order valence-corrected chi connectivity index (χ0v) is 24.3. The molecule has 2 aromatic heterocycles. The van der Waals surface area contributed by atoms with Crippen LogP contribution in [0.3, 0.4) is 0 Å². The number of rotatable bonds is 4. The van der Waals surface area contributed by atoms with E-state index in [9.17, 15) is 20.2 Å². The Balaban J connectivity index is 0.000000149. The number of non-ortho nitro benzene ring substituents is 2. The number of aromatic nitrogens is 2. The molecule has 0 saturated heterocycles. The SMILES string of the molecule is Nc1ccc2c(c1)c1cc(N)ccc1n2-c1ccccc1.O=[N+]([O-])c1ccc2c(c1)c1cc([N+](=O)[O-])ccc1n2-c1ccccc1. The van der Waals surface area contributed by atoms with Gasteiger partial charge in [0.2, 0.25) is 0 Å². The second-order valence-electron chi connectivity index (χ2n) is 10.8. The van der Waals surface area contributed by atoms with Crippen molar-refractivity contribution in [1.82, 2.24) is 9.13 Å². The van der Waals surface area contributed by atoms with Crippen molar-refractivity contribution in [2.45, 2.75) is 0 Å². The Kier molecular flexibility index (Phi) is 6.79. The second kappa shape index (κ2) is 11.1. The molecule has 0 spiro atoms. The van der Waals surface area contributed by atoms with E-state index in [-0.39, 0.29) is 11.4 Å². The van der Waals surface area contributed by atoms with Crippen molar-refractivity contribution in [3.63, 3.8) is 0 Å². The molecule has 8 rings (SSSR count). The lowest BCUT2D eigenvalue weighted by molar-refractivity contribution is -0.385.